The second-order valence-electron chi connectivity index (χ2n) is 5.80. The Balaban J connectivity index is 2.11. The fourth-order valence-corrected chi connectivity index (χ4v) is 2.72. The van der Waals surface area contributed by atoms with Gasteiger partial charge in [-0.25, -0.2) is 0 Å². The summed E-state index contributed by atoms with van der Waals surface area (Å²) in [5.41, 5.74) is 2.77. The molecule has 2 heteroatoms. The van der Waals surface area contributed by atoms with Crippen molar-refractivity contribution in [3.8, 4) is 0 Å². The van der Waals surface area contributed by atoms with Gasteiger partial charge >= 0.3 is 0 Å². The van der Waals surface area contributed by atoms with Crippen LogP contribution in [0.5, 0.6) is 0 Å². The van der Waals surface area contributed by atoms with Crippen molar-refractivity contribution in [3.05, 3.63) is 35.4 Å². The molecule has 0 bridgehead atoms. The largest absolute Gasteiger partial charge is 0.376 e. The van der Waals surface area contributed by atoms with Crippen LogP contribution in [0.2, 0.25) is 0 Å². The van der Waals surface area contributed by atoms with E-state index < -0.39 is 0 Å². The Labute approximate surface area is 117 Å². The molecule has 2 unspecified atom stereocenters. The Hall–Kier alpha value is -0.860. The number of hydrogen-bond acceptors (Lipinski definition) is 2. The predicted molar refractivity (Wildman–Crippen MR) is 80.5 cm³/mol. The van der Waals surface area contributed by atoms with E-state index in [2.05, 4.69) is 50.4 Å². The van der Waals surface area contributed by atoms with Gasteiger partial charge in [-0.3, -0.25) is 0 Å². The van der Waals surface area contributed by atoms with Crippen molar-refractivity contribution in [2.45, 2.75) is 58.1 Å². The summed E-state index contributed by atoms with van der Waals surface area (Å²) in [6, 6.07) is 9.41. The molecule has 1 fully saturated rings. The molecule has 0 spiro atoms. The highest BCUT2D eigenvalue weighted by molar-refractivity contribution is 5.27. The van der Waals surface area contributed by atoms with Crippen LogP contribution < -0.4 is 5.32 Å². The van der Waals surface area contributed by atoms with Gasteiger partial charge in [-0.1, -0.05) is 45.0 Å². The molecule has 106 valence electrons. The third kappa shape index (κ3) is 3.80. The Morgan fingerprint density at radius 3 is 2.42 bits per heavy atom. The molecule has 0 saturated carbocycles. The number of ether oxygens (including phenoxy) is 1. The number of nitrogens with one attached hydrogen (secondary N) is 1. The molecule has 1 aliphatic heterocycles. The molecule has 1 aromatic rings. The second kappa shape index (κ2) is 7.06. The first-order valence-electron chi connectivity index (χ1n) is 7.67. The zero-order chi connectivity index (χ0) is 13.7. The van der Waals surface area contributed by atoms with Crippen molar-refractivity contribution in [2.75, 3.05) is 13.2 Å². The first kappa shape index (κ1) is 14.5. The quantitative estimate of drug-likeness (QED) is 0.834. The monoisotopic (exact) mass is 261 g/mol. The van der Waals surface area contributed by atoms with Crippen LogP contribution >= 0.6 is 0 Å². The Morgan fingerprint density at radius 1 is 1.21 bits per heavy atom. The molecule has 0 amide bonds. The lowest BCUT2D eigenvalue weighted by Gasteiger charge is -2.25. The lowest BCUT2D eigenvalue weighted by molar-refractivity contribution is 0.0783. The van der Waals surface area contributed by atoms with E-state index in [0.29, 0.717) is 18.1 Å². The number of hydrogen-bond donors (Lipinski definition) is 1. The summed E-state index contributed by atoms with van der Waals surface area (Å²) in [6.45, 7) is 8.65. The maximum Gasteiger partial charge on any atom is 0.0770 e. The zero-order valence-electron chi connectivity index (χ0n) is 12.5. The molecule has 2 rings (SSSR count). The zero-order valence-corrected chi connectivity index (χ0v) is 12.5. The van der Waals surface area contributed by atoms with Crippen LogP contribution in [0, 0.1) is 0 Å². The summed E-state index contributed by atoms with van der Waals surface area (Å²) in [7, 11) is 0. The minimum Gasteiger partial charge on any atom is -0.376 e. The molecular formula is C17H27NO. The first-order valence-corrected chi connectivity index (χ1v) is 7.67. The third-order valence-electron chi connectivity index (χ3n) is 3.91. The average Bonchev–Trinajstić information content (AvgIpc) is 2.94. The minimum absolute atomic E-state index is 0.344. The molecule has 1 N–H and O–H groups in total. The SMILES string of the molecule is CCCNC(c1ccc(C(C)C)cc1)C1CCCO1. The van der Waals surface area contributed by atoms with E-state index in [1.54, 1.807) is 0 Å². The van der Waals surface area contributed by atoms with Gasteiger partial charge in [-0.15, -0.1) is 0 Å². The minimum atomic E-state index is 0.344. The number of benzene rings is 1. The molecule has 0 aromatic heterocycles. The lowest BCUT2D eigenvalue weighted by atomic mass is 9.95. The van der Waals surface area contributed by atoms with Crippen LogP contribution in [0.3, 0.4) is 0 Å². The highest BCUT2D eigenvalue weighted by Crippen LogP contribution is 2.28. The van der Waals surface area contributed by atoms with Crippen molar-refractivity contribution in [3.63, 3.8) is 0 Å². The van der Waals surface area contributed by atoms with Gasteiger partial charge < -0.3 is 10.1 Å². The summed E-state index contributed by atoms with van der Waals surface area (Å²) in [6.07, 6.45) is 3.87. The summed E-state index contributed by atoms with van der Waals surface area (Å²) in [4.78, 5) is 0. The lowest BCUT2D eigenvalue weighted by Crippen LogP contribution is -2.32. The van der Waals surface area contributed by atoms with Gasteiger partial charge in [0.05, 0.1) is 12.1 Å². The smallest absolute Gasteiger partial charge is 0.0770 e. The topological polar surface area (TPSA) is 21.3 Å². The van der Waals surface area contributed by atoms with Gasteiger partial charge in [-0.05, 0) is 42.9 Å². The average molecular weight is 261 g/mol. The molecule has 0 radical (unpaired) electrons. The van der Waals surface area contributed by atoms with Crippen molar-refractivity contribution in [2.24, 2.45) is 0 Å². The summed E-state index contributed by atoms with van der Waals surface area (Å²) in [5, 5.41) is 3.65. The molecule has 1 saturated heterocycles. The molecule has 0 aliphatic carbocycles. The Kier molecular flexibility index (Phi) is 5.41. The predicted octanol–water partition coefficient (Wildman–Crippen LogP) is 4.03. The van der Waals surface area contributed by atoms with Crippen molar-refractivity contribution in [1.82, 2.24) is 5.32 Å². The van der Waals surface area contributed by atoms with Crippen LogP contribution in [0.1, 0.15) is 63.1 Å². The highest BCUT2D eigenvalue weighted by Gasteiger charge is 2.26. The van der Waals surface area contributed by atoms with Gasteiger partial charge in [-0.2, -0.15) is 0 Å². The van der Waals surface area contributed by atoms with Gasteiger partial charge in [0.1, 0.15) is 0 Å². The second-order valence-corrected chi connectivity index (χ2v) is 5.80. The van der Waals surface area contributed by atoms with Crippen LogP contribution in [0.4, 0.5) is 0 Å². The Morgan fingerprint density at radius 2 is 1.89 bits per heavy atom. The molecule has 1 aromatic carbocycles. The van der Waals surface area contributed by atoms with E-state index in [1.807, 2.05) is 0 Å². The van der Waals surface area contributed by atoms with Gasteiger partial charge in [0.2, 0.25) is 0 Å². The standard InChI is InChI=1S/C17H27NO/c1-4-11-18-17(16-6-5-12-19-16)15-9-7-14(8-10-15)13(2)3/h7-10,13,16-18H,4-6,11-12H2,1-3H3. The van der Waals surface area contributed by atoms with Crippen LogP contribution in [0.25, 0.3) is 0 Å². The van der Waals surface area contributed by atoms with E-state index in [9.17, 15) is 0 Å². The molecule has 1 heterocycles. The summed E-state index contributed by atoms with van der Waals surface area (Å²) in [5.74, 6) is 0.596. The van der Waals surface area contributed by atoms with E-state index in [-0.39, 0.29) is 0 Å². The molecule has 1 aliphatic rings. The van der Waals surface area contributed by atoms with Crippen LogP contribution in [0.15, 0.2) is 24.3 Å². The molecule has 2 atom stereocenters. The van der Waals surface area contributed by atoms with Crippen molar-refractivity contribution >= 4 is 0 Å². The first-order chi connectivity index (χ1) is 9.22. The maximum absolute atomic E-state index is 5.88. The van der Waals surface area contributed by atoms with Gasteiger partial charge in [0.15, 0.2) is 0 Å². The van der Waals surface area contributed by atoms with E-state index in [4.69, 9.17) is 4.74 Å². The highest BCUT2D eigenvalue weighted by atomic mass is 16.5. The molecular weight excluding hydrogens is 234 g/mol. The maximum atomic E-state index is 5.88. The fourth-order valence-electron chi connectivity index (χ4n) is 2.72. The van der Waals surface area contributed by atoms with Crippen molar-refractivity contribution in [1.29, 1.82) is 0 Å². The third-order valence-corrected chi connectivity index (χ3v) is 3.91. The van der Waals surface area contributed by atoms with Crippen LogP contribution in [-0.4, -0.2) is 19.3 Å². The Bertz CT molecular complexity index is 365. The number of rotatable bonds is 6. The van der Waals surface area contributed by atoms with Gasteiger partial charge in [0.25, 0.3) is 0 Å². The van der Waals surface area contributed by atoms with E-state index >= 15 is 0 Å². The molecule has 2 nitrogen and oxygen atoms in total. The van der Waals surface area contributed by atoms with E-state index in [1.165, 1.54) is 24.0 Å². The van der Waals surface area contributed by atoms with Gasteiger partial charge in [0, 0.05) is 6.61 Å². The summed E-state index contributed by atoms with van der Waals surface area (Å²) >= 11 is 0. The normalized spacial score (nSPS) is 20.9. The summed E-state index contributed by atoms with van der Waals surface area (Å²) < 4.78 is 5.88. The van der Waals surface area contributed by atoms with E-state index in [0.717, 1.165) is 19.6 Å². The van der Waals surface area contributed by atoms with Crippen LogP contribution in [-0.2, 0) is 4.74 Å². The fraction of sp³-hybridized carbons (Fsp3) is 0.647. The van der Waals surface area contributed by atoms with Crippen molar-refractivity contribution < 1.29 is 4.74 Å². The molecule has 19 heavy (non-hydrogen) atoms.